The van der Waals surface area contributed by atoms with Crippen molar-refractivity contribution in [3.05, 3.63) is 65.6 Å². The number of aromatic nitrogens is 4. The van der Waals surface area contributed by atoms with Crippen molar-refractivity contribution in [2.75, 3.05) is 44.9 Å². The van der Waals surface area contributed by atoms with Gasteiger partial charge < -0.3 is 29.7 Å². The Morgan fingerprint density at radius 1 is 1.09 bits per heavy atom. The van der Waals surface area contributed by atoms with Gasteiger partial charge in [-0.05, 0) is 29.3 Å². The SMILES string of the molecule is COCc1cn(CCN(CCOCC(O)CO)c2ccc(/C=C/c3ccc(O)nc3)cc2)nn1. The average Bonchev–Trinajstić information content (AvgIpc) is 3.31. The molecule has 0 spiro atoms. The fourth-order valence-corrected chi connectivity index (χ4v) is 3.19. The molecular weight excluding hydrogens is 438 g/mol. The van der Waals surface area contributed by atoms with E-state index in [9.17, 15) is 10.2 Å². The lowest BCUT2D eigenvalue weighted by Crippen LogP contribution is -2.32. The average molecular weight is 470 g/mol. The third kappa shape index (κ3) is 8.23. The first-order valence-corrected chi connectivity index (χ1v) is 11.0. The minimum Gasteiger partial charge on any atom is -0.493 e. The van der Waals surface area contributed by atoms with E-state index >= 15 is 0 Å². The Labute approximate surface area is 198 Å². The number of aliphatic hydroxyl groups excluding tert-OH is 2. The second kappa shape index (κ2) is 13.4. The van der Waals surface area contributed by atoms with Gasteiger partial charge in [-0.1, -0.05) is 29.5 Å². The molecule has 0 amide bonds. The van der Waals surface area contributed by atoms with E-state index in [-0.39, 0.29) is 19.1 Å². The molecule has 1 unspecified atom stereocenters. The third-order valence-corrected chi connectivity index (χ3v) is 5.00. The number of rotatable bonds is 14. The first kappa shape index (κ1) is 25.3. The van der Waals surface area contributed by atoms with Crippen molar-refractivity contribution in [2.45, 2.75) is 19.3 Å². The Morgan fingerprint density at radius 2 is 1.85 bits per heavy atom. The molecule has 0 saturated carbocycles. The third-order valence-electron chi connectivity index (χ3n) is 5.00. The molecule has 3 rings (SSSR count). The van der Waals surface area contributed by atoms with Crippen LogP contribution in [-0.4, -0.2) is 81.4 Å². The molecule has 10 nitrogen and oxygen atoms in total. The quantitative estimate of drug-likeness (QED) is 0.302. The Kier molecular flexibility index (Phi) is 9.98. The van der Waals surface area contributed by atoms with Crippen LogP contribution in [0, 0.1) is 0 Å². The van der Waals surface area contributed by atoms with Crippen molar-refractivity contribution in [1.29, 1.82) is 0 Å². The number of anilines is 1. The second-order valence-corrected chi connectivity index (χ2v) is 7.68. The van der Waals surface area contributed by atoms with E-state index in [1.165, 1.54) is 0 Å². The molecule has 3 aromatic rings. The minimum atomic E-state index is -0.877. The molecule has 3 N–H and O–H groups in total. The topological polar surface area (TPSA) is 126 Å². The number of hydrogen-bond acceptors (Lipinski definition) is 9. The maximum Gasteiger partial charge on any atom is 0.210 e. The lowest BCUT2D eigenvalue weighted by atomic mass is 10.1. The van der Waals surface area contributed by atoms with Gasteiger partial charge in [0.1, 0.15) is 11.8 Å². The van der Waals surface area contributed by atoms with Crippen LogP contribution in [0.2, 0.25) is 0 Å². The minimum absolute atomic E-state index is 0.00254. The molecule has 0 fully saturated rings. The van der Waals surface area contributed by atoms with Crippen LogP contribution in [0.25, 0.3) is 12.2 Å². The van der Waals surface area contributed by atoms with Gasteiger partial charge in [-0.15, -0.1) is 5.10 Å². The largest absolute Gasteiger partial charge is 0.493 e. The fraction of sp³-hybridized carbons (Fsp3) is 0.375. The van der Waals surface area contributed by atoms with Crippen molar-refractivity contribution in [1.82, 2.24) is 20.0 Å². The van der Waals surface area contributed by atoms with E-state index in [4.69, 9.17) is 14.6 Å². The molecule has 0 aliphatic carbocycles. The molecule has 1 aromatic carbocycles. The maximum atomic E-state index is 9.48. The van der Waals surface area contributed by atoms with Crippen LogP contribution in [0.15, 0.2) is 48.8 Å². The number of hydrogen-bond donors (Lipinski definition) is 3. The van der Waals surface area contributed by atoms with Crippen molar-refractivity contribution in [3.8, 4) is 5.88 Å². The van der Waals surface area contributed by atoms with E-state index in [0.717, 1.165) is 22.5 Å². The van der Waals surface area contributed by atoms with Crippen LogP contribution < -0.4 is 4.90 Å². The first-order chi connectivity index (χ1) is 16.6. The van der Waals surface area contributed by atoms with Gasteiger partial charge in [-0.25, -0.2) is 4.98 Å². The van der Waals surface area contributed by atoms with Crippen LogP contribution in [0.5, 0.6) is 5.88 Å². The summed E-state index contributed by atoms with van der Waals surface area (Å²) < 4.78 is 12.4. The molecule has 1 atom stereocenters. The predicted molar refractivity (Wildman–Crippen MR) is 128 cm³/mol. The van der Waals surface area contributed by atoms with Gasteiger partial charge in [0.15, 0.2) is 0 Å². The number of ether oxygens (including phenoxy) is 2. The summed E-state index contributed by atoms with van der Waals surface area (Å²) in [4.78, 5) is 6.04. The highest BCUT2D eigenvalue weighted by Crippen LogP contribution is 2.17. The Balaban J connectivity index is 1.63. The van der Waals surface area contributed by atoms with Gasteiger partial charge >= 0.3 is 0 Å². The van der Waals surface area contributed by atoms with Gasteiger partial charge in [-0.3, -0.25) is 4.68 Å². The van der Waals surface area contributed by atoms with Crippen molar-refractivity contribution in [2.24, 2.45) is 0 Å². The van der Waals surface area contributed by atoms with E-state index in [0.29, 0.717) is 32.8 Å². The molecule has 0 bridgehead atoms. The van der Waals surface area contributed by atoms with Gasteiger partial charge in [0.25, 0.3) is 0 Å². The Morgan fingerprint density at radius 3 is 2.56 bits per heavy atom. The summed E-state index contributed by atoms with van der Waals surface area (Å²) >= 11 is 0. The number of aliphatic hydroxyl groups is 2. The van der Waals surface area contributed by atoms with Crippen molar-refractivity contribution >= 4 is 17.8 Å². The summed E-state index contributed by atoms with van der Waals surface area (Å²) in [5, 5.41) is 35.9. The molecule has 0 saturated heterocycles. The molecule has 0 aliphatic rings. The van der Waals surface area contributed by atoms with Crippen LogP contribution in [0.1, 0.15) is 16.8 Å². The van der Waals surface area contributed by atoms with Crippen LogP contribution in [0.4, 0.5) is 5.69 Å². The molecule has 0 radical (unpaired) electrons. The number of pyridine rings is 1. The molecule has 2 heterocycles. The zero-order valence-electron chi connectivity index (χ0n) is 19.2. The van der Waals surface area contributed by atoms with Gasteiger partial charge in [-0.2, -0.15) is 0 Å². The summed E-state index contributed by atoms with van der Waals surface area (Å²) in [5.74, 6) is -0.00254. The summed E-state index contributed by atoms with van der Waals surface area (Å²) in [6, 6.07) is 11.5. The van der Waals surface area contributed by atoms with Crippen LogP contribution >= 0.6 is 0 Å². The summed E-state index contributed by atoms with van der Waals surface area (Å²) in [5.41, 5.74) is 3.72. The molecule has 34 heavy (non-hydrogen) atoms. The molecule has 2 aromatic heterocycles. The van der Waals surface area contributed by atoms with Gasteiger partial charge in [0, 0.05) is 38.1 Å². The summed E-state index contributed by atoms with van der Waals surface area (Å²) in [7, 11) is 1.62. The monoisotopic (exact) mass is 469 g/mol. The summed E-state index contributed by atoms with van der Waals surface area (Å²) in [6.07, 6.45) is 6.51. The maximum absolute atomic E-state index is 9.48. The standard InChI is InChI=1S/C24H31N5O5/c1-33-17-21-15-29(27-26-21)11-10-28(12-13-34-18-23(31)16-30)22-7-4-19(5-8-22)2-3-20-6-9-24(32)25-14-20/h2-9,14-15,23,30-31H,10-13,16-18H2,1H3,(H,25,32)/b3-2+. The predicted octanol–water partition coefficient (Wildman–Crippen LogP) is 1.57. The number of methoxy groups -OCH3 is 1. The number of aromatic hydroxyl groups is 1. The number of nitrogens with zero attached hydrogens (tertiary/aromatic N) is 5. The highest BCUT2D eigenvalue weighted by atomic mass is 16.5. The number of benzene rings is 1. The lowest BCUT2D eigenvalue weighted by molar-refractivity contribution is 0.00838. The highest BCUT2D eigenvalue weighted by Gasteiger charge is 2.09. The molecule has 10 heteroatoms. The zero-order valence-corrected chi connectivity index (χ0v) is 19.2. The van der Waals surface area contributed by atoms with Crippen molar-refractivity contribution in [3.63, 3.8) is 0 Å². The molecular formula is C24H31N5O5. The first-order valence-electron chi connectivity index (χ1n) is 11.0. The highest BCUT2D eigenvalue weighted by molar-refractivity contribution is 5.70. The van der Waals surface area contributed by atoms with Gasteiger partial charge in [0.05, 0.1) is 39.2 Å². The summed E-state index contributed by atoms with van der Waals surface area (Å²) in [6.45, 7) is 2.49. The van der Waals surface area contributed by atoms with Crippen molar-refractivity contribution < 1.29 is 24.8 Å². The van der Waals surface area contributed by atoms with E-state index in [2.05, 4.69) is 20.2 Å². The Bertz CT molecular complexity index is 1010. The molecule has 182 valence electrons. The lowest BCUT2D eigenvalue weighted by Gasteiger charge is -2.25. The second-order valence-electron chi connectivity index (χ2n) is 7.68. The normalized spacial score (nSPS) is 12.3. The van der Waals surface area contributed by atoms with E-state index in [1.807, 2.05) is 42.6 Å². The Hall–Kier alpha value is -3.31. The van der Waals surface area contributed by atoms with E-state index < -0.39 is 6.10 Å². The molecule has 0 aliphatic heterocycles. The van der Waals surface area contributed by atoms with Crippen LogP contribution in [0.3, 0.4) is 0 Å². The van der Waals surface area contributed by atoms with Crippen LogP contribution in [-0.2, 0) is 22.6 Å². The fourth-order valence-electron chi connectivity index (χ4n) is 3.19. The van der Waals surface area contributed by atoms with E-state index in [1.54, 1.807) is 30.1 Å². The zero-order chi connectivity index (χ0) is 24.2. The smallest absolute Gasteiger partial charge is 0.210 e. The van der Waals surface area contributed by atoms with Gasteiger partial charge in [0.2, 0.25) is 5.88 Å².